The molecule has 6 heteroatoms. The van der Waals surface area contributed by atoms with Gasteiger partial charge in [-0.2, -0.15) is 0 Å². The van der Waals surface area contributed by atoms with Crippen molar-refractivity contribution in [3.63, 3.8) is 0 Å². The fraction of sp³-hybridized carbons (Fsp3) is 0.692. The lowest BCUT2D eigenvalue weighted by Crippen LogP contribution is -2.57. The van der Waals surface area contributed by atoms with Crippen molar-refractivity contribution in [2.45, 2.75) is 25.3 Å². The number of carbonyl (C=O) groups excluding carboxylic acids is 1. The first-order valence-electron chi connectivity index (χ1n) is 6.94. The highest BCUT2D eigenvalue weighted by atomic mass is 32.1. The minimum absolute atomic E-state index is 0.0294. The second-order valence-electron chi connectivity index (χ2n) is 5.38. The lowest BCUT2D eigenvalue weighted by Gasteiger charge is -2.44. The molecule has 104 valence electrons. The summed E-state index contributed by atoms with van der Waals surface area (Å²) in [5.74, 6) is 0.620. The highest BCUT2D eigenvalue weighted by Gasteiger charge is 2.35. The van der Waals surface area contributed by atoms with Crippen LogP contribution in [0.15, 0.2) is 5.38 Å². The van der Waals surface area contributed by atoms with E-state index in [9.17, 15) is 4.79 Å². The highest BCUT2D eigenvalue weighted by Crippen LogP contribution is 2.27. The van der Waals surface area contributed by atoms with Gasteiger partial charge in [-0.25, -0.2) is 4.98 Å². The van der Waals surface area contributed by atoms with E-state index < -0.39 is 0 Å². The molecule has 19 heavy (non-hydrogen) atoms. The molecule has 0 saturated carbocycles. The van der Waals surface area contributed by atoms with Crippen LogP contribution in [0.2, 0.25) is 0 Å². The van der Waals surface area contributed by atoms with E-state index in [0.717, 1.165) is 18.0 Å². The average molecular weight is 280 g/mol. The highest BCUT2D eigenvalue weighted by molar-refractivity contribution is 7.09. The molecular formula is C13H20N4OS. The quantitative estimate of drug-likeness (QED) is 0.841. The van der Waals surface area contributed by atoms with Crippen molar-refractivity contribution in [1.29, 1.82) is 0 Å². The molecule has 1 atom stereocenters. The normalized spacial score (nSPS) is 29.4. The summed E-state index contributed by atoms with van der Waals surface area (Å²) in [5.41, 5.74) is 6.04. The smallest absolute Gasteiger partial charge is 0.271 e. The van der Waals surface area contributed by atoms with E-state index in [1.54, 1.807) is 0 Å². The van der Waals surface area contributed by atoms with E-state index in [0.29, 0.717) is 24.2 Å². The molecule has 0 aliphatic carbocycles. The maximum Gasteiger partial charge on any atom is 0.271 e. The summed E-state index contributed by atoms with van der Waals surface area (Å²) in [7, 11) is 0. The van der Waals surface area contributed by atoms with Gasteiger partial charge in [0.05, 0.1) is 5.01 Å². The van der Waals surface area contributed by atoms with Gasteiger partial charge < -0.3 is 16.0 Å². The van der Waals surface area contributed by atoms with Crippen molar-refractivity contribution in [1.82, 2.24) is 15.2 Å². The Bertz CT molecular complexity index is 453. The Balaban J connectivity index is 1.61. The molecule has 1 unspecified atom stereocenters. The number of nitrogens with zero attached hydrogens (tertiary/aromatic N) is 2. The number of amides is 1. The zero-order chi connectivity index (χ0) is 13.2. The monoisotopic (exact) mass is 280 g/mol. The molecule has 3 saturated heterocycles. The summed E-state index contributed by atoms with van der Waals surface area (Å²) in [6.45, 7) is 3.95. The summed E-state index contributed by atoms with van der Waals surface area (Å²) < 4.78 is 0. The molecule has 0 radical (unpaired) electrons. The number of hydrogen-bond acceptors (Lipinski definition) is 5. The summed E-state index contributed by atoms with van der Waals surface area (Å²) in [6, 6.07) is 0.301. The van der Waals surface area contributed by atoms with Gasteiger partial charge in [-0.05, 0) is 38.4 Å². The van der Waals surface area contributed by atoms with Gasteiger partial charge in [0.1, 0.15) is 5.69 Å². The van der Waals surface area contributed by atoms with Gasteiger partial charge in [0.2, 0.25) is 0 Å². The van der Waals surface area contributed by atoms with Gasteiger partial charge in [-0.1, -0.05) is 0 Å². The van der Waals surface area contributed by atoms with Crippen molar-refractivity contribution < 1.29 is 4.79 Å². The van der Waals surface area contributed by atoms with E-state index in [2.05, 4.69) is 15.2 Å². The first-order chi connectivity index (χ1) is 9.26. The Morgan fingerprint density at radius 1 is 1.53 bits per heavy atom. The van der Waals surface area contributed by atoms with Crippen molar-refractivity contribution >= 4 is 17.2 Å². The third-order valence-electron chi connectivity index (χ3n) is 4.12. The van der Waals surface area contributed by atoms with E-state index in [1.807, 2.05) is 5.38 Å². The van der Waals surface area contributed by atoms with Crippen LogP contribution >= 0.6 is 11.3 Å². The number of rotatable bonds is 4. The van der Waals surface area contributed by atoms with Crippen molar-refractivity contribution in [2.75, 3.05) is 26.2 Å². The minimum atomic E-state index is -0.0294. The Hall–Kier alpha value is -0.980. The molecular weight excluding hydrogens is 260 g/mol. The average Bonchev–Trinajstić information content (AvgIpc) is 2.89. The molecule has 4 rings (SSSR count). The fourth-order valence-corrected chi connectivity index (χ4v) is 3.82. The van der Waals surface area contributed by atoms with E-state index >= 15 is 0 Å². The number of nitrogens with two attached hydrogens (primary N) is 1. The second-order valence-corrected chi connectivity index (χ2v) is 6.33. The van der Waals surface area contributed by atoms with Gasteiger partial charge in [-0.15, -0.1) is 11.3 Å². The Morgan fingerprint density at radius 3 is 2.95 bits per heavy atom. The summed E-state index contributed by atoms with van der Waals surface area (Å²) in [4.78, 5) is 19.0. The molecule has 1 aromatic heterocycles. The zero-order valence-electron chi connectivity index (χ0n) is 11.0. The van der Waals surface area contributed by atoms with Crippen LogP contribution in [0.25, 0.3) is 0 Å². The van der Waals surface area contributed by atoms with E-state index in [-0.39, 0.29) is 5.91 Å². The number of fused-ring (bicyclic) bond motifs is 3. The van der Waals surface area contributed by atoms with Crippen molar-refractivity contribution in [3.05, 3.63) is 16.1 Å². The number of nitrogens with one attached hydrogen (secondary N) is 1. The molecule has 3 aliphatic heterocycles. The summed E-state index contributed by atoms with van der Waals surface area (Å²) in [6.07, 6.45) is 3.17. The predicted molar refractivity (Wildman–Crippen MR) is 75.3 cm³/mol. The Morgan fingerprint density at radius 2 is 2.32 bits per heavy atom. The minimum Gasteiger partial charge on any atom is -0.346 e. The molecule has 1 aromatic rings. The standard InChI is InChI=1S/C13H20N4OS/c14-4-1-12-15-11(8-19-12)13(18)16-10-7-17-5-2-9(10)3-6-17/h8-10H,1-7,14H2,(H,16,18). The summed E-state index contributed by atoms with van der Waals surface area (Å²) in [5, 5.41) is 5.94. The van der Waals surface area contributed by atoms with Crippen molar-refractivity contribution in [2.24, 2.45) is 11.7 Å². The maximum atomic E-state index is 12.2. The first kappa shape index (κ1) is 13.0. The van der Waals surface area contributed by atoms with Crippen LogP contribution in [-0.2, 0) is 6.42 Å². The van der Waals surface area contributed by atoms with Gasteiger partial charge in [0, 0.05) is 24.4 Å². The van der Waals surface area contributed by atoms with Crippen LogP contribution < -0.4 is 11.1 Å². The third-order valence-corrected chi connectivity index (χ3v) is 5.02. The molecule has 3 aliphatic rings. The van der Waals surface area contributed by atoms with Crippen LogP contribution in [0.1, 0.15) is 28.3 Å². The molecule has 2 bridgehead atoms. The van der Waals surface area contributed by atoms with Gasteiger partial charge in [0.15, 0.2) is 0 Å². The Labute approximate surface area is 117 Å². The first-order valence-corrected chi connectivity index (χ1v) is 7.82. The van der Waals surface area contributed by atoms with Crippen molar-refractivity contribution in [3.8, 4) is 0 Å². The summed E-state index contributed by atoms with van der Waals surface area (Å²) >= 11 is 1.52. The molecule has 1 amide bonds. The van der Waals surface area contributed by atoms with E-state index in [1.165, 1.54) is 37.3 Å². The van der Waals surface area contributed by atoms with Crippen LogP contribution in [-0.4, -0.2) is 48.0 Å². The second kappa shape index (κ2) is 5.56. The molecule has 3 fully saturated rings. The van der Waals surface area contributed by atoms with Gasteiger partial charge >= 0.3 is 0 Å². The molecule has 0 spiro atoms. The van der Waals surface area contributed by atoms with Crippen LogP contribution in [0.3, 0.4) is 0 Å². The topological polar surface area (TPSA) is 71.2 Å². The van der Waals surface area contributed by atoms with Gasteiger partial charge in [0.25, 0.3) is 5.91 Å². The molecule has 4 heterocycles. The maximum absolute atomic E-state index is 12.2. The third kappa shape index (κ3) is 2.80. The van der Waals surface area contributed by atoms with Crippen LogP contribution in [0.4, 0.5) is 0 Å². The van der Waals surface area contributed by atoms with Crippen LogP contribution in [0, 0.1) is 5.92 Å². The van der Waals surface area contributed by atoms with Crippen LogP contribution in [0.5, 0.6) is 0 Å². The van der Waals surface area contributed by atoms with E-state index in [4.69, 9.17) is 5.73 Å². The van der Waals surface area contributed by atoms with Gasteiger partial charge in [-0.3, -0.25) is 4.79 Å². The fourth-order valence-electron chi connectivity index (χ4n) is 3.02. The lowest BCUT2D eigenvalue weighted by molar-refractivity contribution is 0.0618. The SMILES string of the molecule is NCCc1nc(C(=O)NC2CN3CCC2CC3)cs1. The zero-order valence-corrected chi connectivity index (χ0v) is 11.8. The number of piperidine rings is 3. The largest absolute Gasteiger partial charge is 0.346 e. The number of thiazole rings is 1. The lowest BCUT2D eigenvalue weighted by atomic mass is 9.84. The predicted octanol–water partition coefficient (Wildman–Crippen LogP) is 0.468. The number of aromatic nitrogens is 1. The molecule has 3 N–H and O–H groups in total. The molecule has 5 nitrogen and oxygen atoms in total. The Kier molecular flexibility index (Phi) is 3.81. The molecule has 0 aromatic carbocycles. The number of hydrogen-bond donors (Lipinski definition) is 2. The number of carbonyl (C=O) groups is 1.